The average molecular weight is 628 g/mol. The van der Waals surface area contributed by atoms with Crippen LogP contribution in [0.5, 0.6) is 5.75 Å². The molecule has 0 spiro atoms. The van der Waals surface area contributed by atoms with E-state index >= 15 is 0 Å². The molecule has 10 heteroatoms. The number of benzene rings is 3. The third kappa shape index (κ3) is 10.6. The fourth-order valence-electron chi connectivity index (χ4n) is 4.82. The number of anilines is 1. The molecule has 0 aliphatic heterocycles. The van der Waals surface area contributed by atoms with Crippen LogP contribution in [0.2, 0.25) is 5.02 Å². The van der Waals surface area contributed by atoms with E-state index in [4.69, 9.17) is 16.3 Å². The summed E-state index contributed by atoms with van der Waals surface area (Å²) in [6.07, 6.45) is 3.52. The van der Waals surface area contributed by atoms with Crippen LogP contribution in [0.4, 0.5) is 5.69 Å². The summed E-state index contributed by atoms with van der Waals surface area (Å²) in [4.78, 5) is 29.1. The van der Waals surface area contributed by atoms with Crippen molar-refractivity contribution in [3.05, 3.63) is 95.0 Å². The molecular weight excluding hydrogens is 586 g/mol. The molecule has 0 saturated heterocycles. The number of unbranched alkanes of at least 4 members (excludes halogenated alkanes) is 1. The highest BCUT2D eigenvalue weighted by molar-refractivity contribution is 7.92. The van der Waals surface area contributed by atoms with Crippen LogP contribution >= 0.6 is 11.6 Å². The summed E-state index contributed by atoms with van der Waals surface area (Å²) in [5.41, 5.74) is 2.15. The molecule has 0 aromatic heterocycles. The lowest BCUT2D eigenvalue weighted by Crippen LogP contribution is -2.50. The molecule has 0 aliphatic carbocycles. The van der Waals surface area contributed by atoms with Crippen molar-refractivity contribution < 1.29 is 22.7 Å². The molecule has 0 aliphatic rings. The van der Waals surface area contributed by atoms with Gasteiger partial charge in [-0.2, -0.15) is 0 Å². The molecule has 0 bridgehead atoms. The third-order valence-corrected chi connectivity index (χ3v) is 8.34. The summed E-state index contributed by atoms with van der Waals surface area (Å²) >= 11 is 6.26. The van der Waals surface area contributed by atoms with Crippen molar-refractivity contribution in [2.45, 2.75) is 58.5 Å². The number of halogens is 1. The molecule has 0 radical (unpaired) electrons. The number of nitrogens with zero attached hydrogens (tertiary/aromatic N) is 2. The fraction of sp³-hybridized carbons (Fsp3) is 0.394. The van der Waals surface area contributed by atoms with Gasteiger partial charge in [0, 0.05) is 37.5 Å². The molecule has 8 nitrogen and oxygen atoms in total. The SMILES string of the molecule is CCCCNC(=O)[C@@H](Cc1ccccc1)N(Cc1cccc(Cl)c1)C(=O)CCCN(c1ccccc1OCC)S(C)(=O)=O. The van der Waals surface area contributed by atoms with E-state index in [-0.39, 0.29) is 37.7 Å². The molecule has 43 heavy (non-hydrogen) atoms. The summed E-state index contributed by atoms with van der Waals surface area (Å²) in [5.74, 6) is -0.0230. The Hall–Kier alpha value is -3.56. The Kier molecular flexibility index (Phi) is 13.3. The molecular formula is C33H42ClN3O5S. The van der Waals surface area contributed by atoms with E-state index in [2.05, 4.69) is 12.2 Å². The lowest BCUT2D eigenvalue weighted by atomic mass is 10.0. The molecule has 3 aromatic rings. The Morgan fingerprint density at radius 1 is 0.930 bits per heavy atom. The molecule has 1 atom stereocenters. The molecule has 3 aromatic carbocycles. The summed E-state index contributed by atoms with van der Waals surface area (Å²) in [6, 6.07) is 23.0. The van der Waals surface area contributed by atoms with Gasteiger partial charge < -0.3 is 15.0 Å². The molecule has 232 valence electrons. The minimum Gasteiger partial charge on any atom is -0.492 e. The summed E-state index contributed by atoms with van der Waals surface area (Å²) in [6.45, 7) is 5.04. The summed E-state index contributed by atoms with van der Waals surface area (Å²) in [5, 5.41) is 3.55. The number of sulfonamides is 1. The topological polar surface area (TPSA) is 96.0 Å². The van der Waals surface area contributed by atoms with Crippen LogP contribution in [0.1, 0.15) is 50.7 Å². The number of para-hydroxylation sites is 2. The Bertz CT molecular complexity index is 1440. The zero-order chi connectivity index (χ0) is 31.2. The number of carbonyl (C=O) groups excluding carboxylic acids is 2. The highest BCUT2D eigenvalue weighted by Gasteiger charge is 2.30. The highest BCUT2D eigenvalue weighted by Crippen LogP contribution is 2.30. The van der Waals surface area contributed by atoms with Crippen LogP contribution in [0.25, 0.3) is 0 Å². The largest absolute Gasteiger partial charge is 0.492 e. The van der Waals surface area contributed by atoms with Gasteiger partial charge >= 0.3 is 0 Å². The minimum atomic E-state index is -3.66. The maximum absolute atomic E-state index is 14.0. The van der Waals surface area contributed by atoms with Crippen LogP contribution < -0.4 is 14.4 Å². The normalized spacial score (nSPS) is 11.9. The van der Waals surface area contributed by atoms with Gasteiger partial charge in [-0.25, -0.2) is 8.42 Å². The van der Waals surface area contributed by atoms with Crippen LogP contribution in [-0.2, 0) is 32.6 Å². The average Bonchev–Trinajstić information content (AvgIpc) is 2.97. The lowest BCUT2D eigenvalue weighted by Gasteiger charge is -2.32. The van der Waals surface area contributed by atoms with Crippen molar-refractivity contribution in [3.8, 4) is 5.75 Å². The Morgan fingerprint density at radius 2 is 1.63 bits per heavy atom. The number of hydrogen-bond acceptors (Lipinski definition) is 5. The van der Waals surface area contributed by atoms with E-state index in [1.807, 2.05) is 49.4 Å². The number of hydrogen-bond donors (Lipinski definition) is 1. The minimum absolute atomic E-state index is 0.0386. The maximum Gasteiger partial charge on any atom is 0.243 e. The highest BCUT2D eigenvalue weighted by atomic mass is 35.5. The Balaban J connectivity index is 1.89. The predicted molar refractivity (Wildman–Crippen MR) is 173 cm³/mol. The number of nitrogens with one attached hydrogen (secondary N) is 1. The van der Waals surface area contributed by atoms with E-state index in [0.717, 1.165) is 30.2 Å². The third-order valence-electron chi connectivity index (χ3n) is 6.93. The Morgan fingerprint density at radius 3 is 2.30 bits per heavy atom. The van der Waals surface area contributed by atoms with Gasteiger partial charge in [0.25, 0.3) is 0 Å². The van der Waals surface area contributed by atoms with Crippen molar-refractivity contribution in [2.24, 2.45) is 0 Å². The maximum atomic E-state index is 14.0. The van der Waals surface area contributed by atoms with Gasteiger partial charge in [-0.05, 0) is 55.2 Å². The number of amides is 2. The second-order valence-corrected chi connectivity index (χ2v) is 12.7. The monoisotopic (exact) mass is 627 g/mol. The lowest BCUT2D eigenvalue weighted by molar-refractivity contribution is -0.141. The first-order chi connectivity index (χ1) is 20.6. The number of carbonyl (C=O) groups is 2. The van der Waals surface area contributed by atoms with Crippen molar-refractivity contribution in [2.75, 3.05) is 30.3 Å². The van der Waals surface area contributed by atoms with Crippen molar-refractivity contribution >= 4 is 39.1 Å². The fourth-order valence-corrected chi connectivity index (χ4v) is 6.00. The van der Waals surface area contributed by atoms with E-state index in [9.17, 15) is 18.0 Å². The first-order valence-corrected chi connectivity index (χ1v) is 16.9. The Labute approximate surface area is 261 Å². The van der Waals surface area contributed by atoms with E-state index in [0.29, 0.717) is 36.0 Å². The zero-order valence-electron chi connectivity index (χ0n) is 25.2. The molecule has 3 rings (SSSR count). The predicted octanol–water partition coefficient (Wildman–Crippen LogP) is 5.84. The molecule has 2 amide bonds. The van der Waals surface area contributed by atoms with E-state index in [1.54, 1.807) is 41.3 Å². The first kappa shape index (κ1) is 33.9. The van der Waals surface area contributed by atoms with Crippen LogP contribution in [0.15, 0.2) is 78.9 Å². The smallest absolute Gasteiger partial charge is 0.243 e. The second-order valence-electron chi connectivity index (χ2n) is 10.3. The molecule has 0 heterocycles. The first-order valence-electron chi connectivity index (χ1n) is 14.7. The van der Waals surface area contributed by atoms with Gasteiger partial charge in [-0.1, -0.05) is 79.5 Å². The molecule has 0 saturated carbocycles. The van der Waals surface area contributed by atoms with E-state index in [1.165, 1.54) is 4.31 Å². The zero-order valence-corrected chi connectivity index (χ0v) is 26.7. The quantitative estimate of drug-likeness (QED) is 0.190. The number of rotatable bonds is 17. The van der Waals surface area contributed by atoms with Gasteiger partial charge in [-0.3, -0.25) is 13.9 Å². The van der Waals surface area contributed by atoms with Crippen molar-refractivity contribution in [1.82, 2.24) is 10.2 Å². The number of ether oxygens (including phenoxy) is 1. The van der Waals surface area contributed by atoms with Crippen LogP contribution in [0, 0.1) is 0 Å². The van der Waals surface area contributed by atoms with Crippen molar-refractivity contribution in [3.63, 3.8) is 0 Å². The van der Waals surface area contributed by atoms with Crippen LogP contribution in [-0.4, -0.2) is 57.1 Å². The van der Waals surface area contributed by atoms with Crippen molar-refractivity contribution in [1.29, 1.82) is 0 Å². The molecule has 0 fully saturated rings. The van der Waals surface area contributed by atoms with Gasteiger partial charge in [0.15, 0.2) is 0 Å². The van der Waals surface area contributed by atoms with Crippen LogP contribution in [0.3, 0.4) is 0 Å². The second kappa shape index (κ2) is 16.9. The standard InChI is InChI=1S/C33H42ClN3O5S/c1-4-6-21-35-33(39)30(24-26-14-8-7-9-15-26)36(25-27-16-12-17-28(34)23-27)32(38)20-13-22-37(43(3,40)41)29-18-10-11-19-31(29)42-5-2/h7-12,14-19,23,30H,4-6,13,20-22,24-25H2,1-3H3,(H,35,39)/t30-/m1/s1. The molecule has 0 unspecified atom stereocenters. The summed E-state index contributed by atoms with van der Waals surface area (Å²) < 4.78 is 32.6. The molecule has 1 N–H and O–H groups in total. The van der Waals surface area contributed by atoms with E-state index < -0.39 is 16.1 Å². The van der Waals surface area contributed by atoms with Gasteiger partial charge in [-0.15, -0.1) is 0 Å². The van der Waals surface area contributed by atoms with Gasteiger partial charge in [0.1, 0.15) is 11.8 Å². The van der Waals surface area contributed by atoms with Gasteiger partial charge in [0.05, 0.1) is 18.6 Å². The summed E-state index contributed by atoms with van der Waals surface area (Å²) in [7, 11) is -3.66. The van der Waals surface area contributed by atoms with Gasteiger partial charge in [0.2, 0.25) is 21.8 Å².